The minimum Gasteiger partial charge on any atom is -0.272 e. The van der Waals surface area contributed by atoms with E-state index in [-0.39, 0.29) is 5.91 Å². The van der Waals surface area contributed by atoms with Gasteiger partial charge < -0.3 is 0 Å². The number of aryl methyl sites for hydroxylation is 1. The van der Waals surface area contributed by atoms with Crippen molar-refractivity contribution in [2.75, 3.05) is 5.01 Å². The van der Waals surface area contributed by atoms with Crippen LogP contribution in [0.5, 0.6) is 0 Å². The first-order valence-corrected chi connectivity index (χ1v) is 6.02. The molecule has 1 amide bonds. The van der Waals surface area contributed by atoms with Gasteiger partial charge in [0.05, 0.1) is 12.1 Å². The second-order valence-corrected chi connectivity index (χ2v) is 4.98. The molecule has 90 valence electrons. The van der Waals surface area contributed by atoms with Crippen LogP contribution in [0.1, 0.15) is 32.3 Å². The van der Waals surface area contributed by atoms with E-state index < -0.39 is 0 Å². The summed E-state index contributed by atoms with van der Waals surface area (Å²) in [5.41, 5.74) is 3.04. The molecular weight excluding hydrogens is 212 g/mol. The molecule has 3 nitrogen and oxygen atoms in total. The third kappa shape index (κ3) is 2.73. The number of benzene rings is 1. The highest BCUT2D eigenvalue weighted by molar-refractivity contribution is 6.12. The van der Waals surface area contributed by atoms with Gasteiger partial charge in [0.15, 0.2) is 0 Å². The molecule has 0 atom stereocenters. The van der Waals surface area contributed by atoms with Crippen LogP contribution in [-0.4, -0.2) is 11.6 Å². The molecule has 1 aliphatic heterocycles. The molecule has 0 spiro atoms. The van der Waals surface area contributed by atoms with Crippen molar-refractivity contribution in [1.29, 1.82) is 0 Å². The van der Waals surface area contributed by atoms with Crippen LogP contribution in [0.15, 0.2) is 29.4 Å². The first-order chi connectivity index (χ1) is 8.06. The molecule has 0 N–H and O–H groups in total. The number of hydrogen-bond donors (Lipinski definition) is 0. The molecule has 0 saturated heterocycles. The van der Waals surface area contributed by atoms with Crippen molar-refractivity contribution < 1.29 is 4.79 Å². The second-order valence-electron chi connectivity index (χ2n) is 4.98. The van der Waals surface area contributed by atoms with E-state index in [2.05, 4.69) is 18.9 Å². The lowest BCUT2D eigenvalue weighted by Gasteiger charge is -2.11. The summed E-state index contributed by atoms with van der Waals surface area (Å²) in [7, 11) is 0. The maximum Gasteiger partial charge on any atom is 0.253 e. The van der Waals surface area contributed by atoms with Gasteiger partial charge >= 0.3 is 0 Å². The number of rotatable bonds is 3. The van der Waals surface area contributed by atoms with Gasteiger partial charge in [0.1, 0.15) is 0 Å². The standard InChI is InChI=1S/C14H18N2O/c1-10(2)8-12-9-14(17)16(15-12)13-6-4-11(3)5-7-13/h4-7,10H,8-9H2,1-3H3. The van der Waals surface area contributed by atoms with Gasteiger partial charge in [0.2, 0.25) is 0 Å². The third-order valence-electron chi connectivity index (χ3n) is 2.76. The van der Waals surface area contributed by atoms with E-state index in [1.807, 2.05) is 31.2 Å². The molecule has 0 fully saturated rings. The summed E-state index contributed by atoms with van der Waals surface area (Å²) < 4.78 is 0. The van der Waals surface area contributed by atoms with Gasteiger partial charge in [-0.2, -0.15) is 5.10 Å². The minimum absolute atomic E-state index is 0.0736. The van der Waals surface area contributed by atoms with Crippen LogP contribution in [0.25, 0.3) is 0 Å². The molecule has 17 heavy (non-hydrogen) atoms. The SMILES string of the molecule is Cc1ccc(N2N=C(CC(C)C)CC2=O)cc1. The number of anilines is 1. The summed E-state index contributed by atoms with van der Waals surface area (Å²) in [5.74, 6) is 0.615. The van der Waals surface area contributed by atoms with Crippen LogP contribution in [0.2, 0.25) is 0 Å². The first kappa shape index (κ1) is 11.8. The Labute approximate surface area is 102 Å². The summed E-state index contributed by atoms with van der Waals surface area (Å²) in [4.78, 5) is 11.9. The monoisotopic (exact) mass is 230 g/mol. The van der Waals surface area contributed by atoms with E-state index in [1.165, 1.54) is 10.6 Å². The van der Waals surface area contributed by atoms with E-state index >= 15 is 0 Å². The normalized spacial score (nSPS) is 15.6. The van der Waals surface area contributed by atoms with Gasteiger partial charge in [0.25, 0.3) is 5.91 Å². The maximum atomic E-state index is 11.9. The third-order valence-corrected chi connectivity index (χ3v) is 2.76. The Balaban J connectivity index is 2.18. The molecule has 2 rings (SSSR count). The largest absolute Gasteiger partial charge is 0.272 e. The second kappa shape index (κ2) is 4.70. The van der Waals surface area contributed by atoms with Crippen LogP contribution in [0.4, 0.5) is 5.69 Å². The van der Waals surface area contributed by atoms with E-state index in [0.29, 0.717) is 12.3 Å². The maximum absolute atomic E-state index is 11.9. The number of amides is 1. The van der Waals surface area contributed by atoms with Gasteiger partial charge in [-0.25, -0.2) is 5.01 Å². The first-order valence-electron chi connectivity index (χ1n) is 6.02. The van der Waals surface area contributed by atoms with Crippen molar-refractivity contribution in [3.05, 3.63) is 29.8 Å². The lowest BCUT2D eigenvalue weighted by Crippen LogP contribution is -2.19. The molecule has 1 aromatic carbocycles. The topological polar surface area (TPSA) is 32.7 Å². The Kier molecular flexibility index (Phi) is 3.27. The van der Waals surface area contributed by atoms with Gasteiger partial charge in [0, 0.05) is 5.71 Å². The fourth-order valence-electron chi connectivity index (χ4n) is 1.95. The Morgan fingerprint density at radius 1 is 1.29 bits per heavy atom. The molecule has 0 saturated carbocycles. The van der Waals surface area contributed by atoms with Crippen molar-refractivity contribution >= 4 is 17.3 Å². The van der Waals surface area contributed by atoms with Crippen molar-refractivity contribution in [2.45, 2.75) is 33.6 Å². The van der Waals surface area contributed by atoms with E-state index in [1.54, 1.807) is 0 Å². The summed E-state index contributed by atoms with van der Waals surface area (Å²) in [6.07, 6.45) is 1.36. The molecule has 0 unspecified atom stereocenters. The zero-order valence-corrected chi connectivity index (χ0v) is 10.6. The average Bonchev–Trinajstić information content (AvgIpc) is 2.59. The minimum atomic E-state index is 0.0736. The van der Waals surface area contributed by atoms with Gasteiger partial charge in [-0.15, -0.1) is 0 Å². The van der Waals surface area contributed by atoms with Crippen LogP contribution in [-0.2, 0) is 4.79 Å². The lowest BCUT2D eigenvalue weighted by molar-refractivity contribution is -0.116. The highest BCUT2D eigenvalue weighted by Crippen LogP contribution is 2.22. The quantitative estimate of drug-likeness (QED) is 0.785. The molecule has 0 radical (unpaired) electrons. The van der Waals surface area contributed by atoms with Crippen LogP contribution in [0.3, 0.4) is 0 Å². The number of carbonyl (C=O) groups is 1. The predicted octanol–water partition coefficient (Wildman–Crippen LogP) is 3.13. The van der Waals surface area contributed by atoms with Crippen molar-refractivity contribution in [3.8, 4) is 0 Å². The highest BCUT2D eigenvalue weighted by atomic mass is 16.2. The Morgan fingerprint density at radius 2 is 1.94 bits per heavy atom. The van der Waals surface area contributed by atoms with Crippen molar-refractivity contribution in [1.82, 2.24) is 0 Å². The molecule has 0 aliphatic carbocycles. The van der Waals surface area contributed by atoms with Crippen LogP contribution in [0, 0.1) is 12.8 Å². The molecule has 0 bridgehead atoms. The predicted molar refractivity (Wildman–Crippen MR) is 70.2 cm³/mol. The van der Waals surface area contributed by atoms with Crippen molar-refractivity contribution in [2.24, 2.45) is 11.0 Å². The summed E-state index contributed by atoms with van der Waals surface area (Å²) in [5, 5.41) is 5.93. The number of hydrogen-bond acceptors (Lipinski definition) is 2. The molecule has 1 aliphatic rings. The number of carbonyl (C=O) groups excluding carboxylic acids is 1. The Bertz CT molecular complexity index is 446. The van der Waals surface area contributed by atoms with E-state index in [9.17, 15) is 4.79 Å². The van der Waals surface area contributed by atoms with Crippen LogP contribution >= 0.6 is 0 Å². The fourth-order valence-corrected chi connectivity index (χ4v) is 1.95. The lowest BCUT2D eigenvalue weighted by atomic mass is 10.1. The molecular formula is C14H18N2O. The van der Waals surface area contributed by atoms with Crippen molar-refractivity contribution in [3.63, 3.8) is 0 Å². The van der Waals surface area contributed by atoms with Gasteiger partial charge in [-0.1, -0.05) is 31.5 Å². The zero-order valence-electron chi connectivity index (χ0n) is 10.6. The Morgan fingerprint density at radius 3 is 2.53 bits per heavy atom. The average molecular weight is 230 g/mol. The van der Waals surface area contributed by atoms with E-state index in [4.69, 9.17) is 0 Å². The van der Waals surface area contributed by atoms with Gasteiger partial charge in [-0.3, -0.25) is 4.79 Å². The van der Waals surface area contributed by atoms with E-state index in [0.717, 1.165) is 17.8 Å². The summed E-state index contributed by atoms with van der Waals surface area (Å²) in [6.45, 7) is 6.31. The molecule has 1 heterocycles. The molecule has 1 aromatic rings. The molecule has 3 heteroatoms. The summed E-state index contributed by atoms with van der Waals surface area (Å²) in [6, 6.07) is 7.88. The Hall–Kier alpha value is -1.64. The molecule has 0 aromatic heterocycles. The van der Waals surface area contributed by atoms with Crippen LogP contribution < -0.4 is 5.01 Å². The summed E-state index contributed by atoms with van der Waals surface area (Å²) >= 11 is 0. The number of hydrazone groups is 1. The smallest absolute Gasteiger partial charge is 0.253 e. The fraction of sp³-hybridized carbons (Fsp3) is 0.429. The zero-order chi connectivity index (χ0) is 12.4. The van der Waals surface area contributed by atoms with Gasteiger partial charge in [-0.05, 0) is 31.4 Å². The number of nitrogens with zero attached hydrogens (tertiary/aromatic N) is 2. The highest BCUT2D eigenvalue weighted by Gasteiger charge is 2.25.